The molecule has 0 spiro atoms. The van der Waals surface area contributed by atoms with E-state index < -0.39 is 0 Å². The topological polar surface area (TPSA) is 24.5 Å². The fourth-order valence-electron chi connectivity index (χ4n) is 3.48. The average Bonchev–Trinajstić information content (AvgIpc) is 2.53. The first-order valence-corrected chi connectivity index (χ1v) is 8.77. The van der Waals surface area contributed by atoms with Gasteiger partial charge in [-0.1, -0.05) is 36.4 Å². The first kappa shape index (κ1) is 16.4. The predicted octanol–water partition coefficient (Wildman–Crippen LogP) is 3.43. The zero-order valence-corrected chi connectivity index (χ0v) is 14.3. The van der Waals surface area contributed by atoms with Crippen molar-refractivity contribution in [2.75, 3.05) is 26.2 Å². The molecule has 2 atom stereocenters. The first-order valence-electron chi connectivity index (χ1n) is 8.77. The van der Waals surface area contributed by atoms with E-state index >= 15 is 0 Å². The lowest BCUT2D eigenvalue weighted by Gasteiger charge is -2.35. The summed E-state index contributed by atoms with van der Waals surface area (Å²) in [4.78, 5) is 2.52. The number of nitrogens with zero attached hydrogens (tertiary/aromatic N) is 1. The molecule has 0 aliphatic carbocycles. The van der Waals surface area contributed by atoms with Gasteiger partial charge in [0.15, 0.2) is 0 Å². The third kappa shape index (κ3) is 4.77. The average molecular weight is 312 g/mol. The molecule has 3 heteroatoms. The molecule has 0 unspecified atom stereocenters. The first-order chi connectivity index (χ1) is 11.2. The largest absolute Gasteiger partial charge is 0.373 e. The zero-order chi connectivity index (χ0) is 16.1. The standard InChI is InChI=1S/C20H28N2O/c1-16-14-22(15-17(2)23-16)11-5-10-21-13-18-8-9-19-6-3-4-7-20(19)12-18/h3-4,6-9,12,16-17,21H,5,10-11,13-15H2,1-2H3/t16-,17+. The summed E-state index contributed by atoms with van der Waals surface area (Å²) >= 11 is 0. The van der Waals surface area contributed by atoms with Crippen molar-refractivity contribution in [1.82, 2.24) is 10.2 Å². The number of ether oxygens (including phenoxy) is 1. The number of fused-ring (bicyclic) bond motifs is 1. The lowest BCUT2D eigenvalue weighted by atomic mass is 10.1. The molecule has 0 radical (unpaired) electrons. The molecule has 0 saturated carbocycles. The SMILES string of the molecule is C[C@@H]1CN(CCCNCc2ccc3ccccc3c2)C[C@H](C)O1. The van der Waals surface area contributed by atoms with Gasteiger partial charge in [0.25, 0.3) is 0 Å². The Hall–Kier alpha value is -1.42. The third-order valence-corrected chi connectivity index (χ3v) is 4.47. The van der Waals surface area contributed by atoms with Crippen LogP contribution in [0.15, 0.2) is 42.5 Å². The molecule has 1 fully saturated rings. The minimum atomic E-state index is 0.365. The maximum Gasteiger partial charge on any atom is 0.0678 e. The Bertz CT molecular complexity index is 618. The monoisotopic (exact) mass is 312 g/mol. The molecule has 0 amide bonds. The van der Waals surface area contributed by atoms with E-state index in [-0.39, 0.29) is 0 Å². The Morgan fingerprint density at radius 2 is 1.78 bits per heavy atom. The number of hydrogen-bond acceptors (Lipinski definition) is 3. The second-order valence-corrected chi connectivity index (χ2v) is 6.73. The van der Waals surface area contributed by atoms with Gasteiger partial charge in [-0.3, -0.25) is 4.90 Å². The van der Waals surface area contributed by atoms with Gasteiger partial charge in [0.1, 0.15) is 0 Å². The van der Waals surface area contributed by atoms with Gasteiger partial charge in [-0.25, -0.2) is 0 Å². The van der Waals surface area contributed by atoms with E-state index in [1.807, 2.05) is 0 Å². The van der Waals surface area contributed by atoms with Crippen molar-refractivity contribution in [1.29, 1.82) is 0 Å². The van der Waals surface area contributed by atoms with Gasteiger partial charge in [0.2, 0.25) is 0 Å². The number of hydrogen-bond donors (Lipinski definition) is 1. The van der Waals surface area contributed by atoms with Gasteiger partial charge in [-0.05, 0) is 55.8 Å². The molecular formula is C20H28N2O. The van der Waals surface area contributed by atoms with Crippen molar-refractivity contribution in [3.8, 4) is 0 Å². The van der Waals surface area contributed by atoms with Crippen LogP contribution in [0.4, 0.5) is 0 Å². The zero-order valence-electron chi connectivity index (χ0n) is 14.3. The minimum absolute atomic E-state index is 0.365. The summed E-state index contributed by atoms with van der Waals surface area (Å²) in [6.45, 7) is 9.63. The molecule has 124 valence electrons. The summed E-state index contributed by atoms with van der Waals surface area (Å²) in [6.07, 6.45) is 1.92. The summed E-state index contributed by atoms with van der Waals surface area (Å²) in [7, 11) is 0. The van der Waals surface area contributed by atoms with E-state index in [9.17, 15) is 0 Å². The van der Waals surface area contributed by atoms with Crippen LogP contribution in [0.1, 0.15) is 25.8 Å². The molecule has 23 heavy (non-hydrogen) atoms. The molecule has 1 N–H and O–H groups in total. The fraction of sp³-hybridized carbons (Fsp3) is 0.500. The second kappa shape index (κ2) is 7.91. The number of benzene rings is 2. The Morgan fingerprint density at radius 1 is 1.04 bits per heavy atom. The maximum atomic E-state index is 5.78. The van der Waals surface area contributed by atoms with Crippen LogP contribution in [0, 0.1) is 0 Å². The Morgan fingerprint density at radius 3 is 2.57 bits per heavy atom. The van der Waals surface area contributed by atoms with Crippen molar-refractivity contribution >= 4 is 10.8 Å². The second-order valence-electron chi connectivity index (χ2n) is 6.73. The minimum Gasteiger partial charge on any atom is -0.373 e. The Labute approximate surface area is 139 Å². The van der Waals surface area contributed by atoms with Gasteiger partial charge in [0.05, 0.1) is 12.2 Å². The van der Waals surface area contributed by atoms with Crippen molar-refractivity contribution in [3.63, 3.8) is 0 Å². The smallest absolute Gasteiger partial charge is 0.0678 e. The molecule has 3 rings (SSSR count). The van der Waals surface area contributed by atoms with Gasteiger partial charge in [0, 0.05) is 19.6 Å². The van der Waals surface area contributed by atoms with E-state index in [1.165, 1.54) is 22.8 Å². The highest BCUT2D eigenvalue weighted by molar-refractivity contribution is 5.82. The van der Waals surface area contributed by atoms with Crippen molar-refractivity contribution < 1.29 is 4.74 Å². The van der Waals surface area contributed by atoms with Gasteiger partial charge in [-0.15, -0.1) is 0 Å². The van der Waals surface area contributed by atoms with Crippen molar-refractivity contribution in [2.24, 2.45) is 0 Å². The van der Waals surface area contributed by atoms with Gasteiger partial charge >= 0.3 is 0 Å². The van der Waals surface area contributed by atoms with Crippen molar-refractivity contribution in [3.05, 3.63) is 48.0 Å². The van der Waals surface area contributed by atoms with Crippen LogP contribution < -0.4 is 5.32 Å². The van der Waals surface area contributed by atoms with Crippen LogP contribution in [0.5, 0.6) is 0 Å². The molecule has 0 aromatic heterocycles. The Kier molecular flexibility index (Phi) is 5.65. The third-order valence-electron chi connectivity index (χ3n) is 4.47. The highest BCUT2D eigenvalue weighted by Crippen LogP contribution is 2.15. The van der Waals surface area contributed by atoms with E-state index in [2.05, 4.69) is 66.5 Å². The summed E-state index contributed by atoms with van der Waals surface area (Å²) in [6, 6.07) is 15.3. The van der Waals surface area contributed by atoms with Crippen LogP contribution in [0.2, 0.25) is 0 Å². The summed E-state index contributed by atoms with van der Waals surface area (Å²) in [5.74, 6) is 0. The maximum absolute atomic E-state index is 5.78. The molecule has 3 nitrogen and oxygen atoms in total. The molecular weight excluding hydrogens is 284 g/mol. The van der Waals surface area contributed by atoms with Crippen molar-refractivity contribution in [2.45, 2.75) is 39.0 Å². The highest BCUT2D eigenvalue weighted by Gasteiger charge is 2.21. The summed E-state index contributed by atoms with van der Waals surface area (Å²) < 4.78 is 5.78. The molecule has 1 heterocycles. The summed E-state index contributed by atoms with van der Waals surface area (Å²) in [5.41, 5.74) is 1.36. The highest BCUT2D eigenvalue weighted by atomic mass is 16.5. The quantitative estimate of drug-likeness (QED) is 0.827. The van der Waals surface area contributed by atoms with E-state index in [0.717, 1.165) is 32.7 Å². The lowest BCUT2D eigenvalue weighted by Crippen LogP contribution is -2.46. The number of morpholine rings is 1. The fourth-order valence-corrected chi connectivity index (χ4v) is 3.48. The molecule has 1 aliphatic heterocycles. The lowest BCUT2D eigenvalue weighted by molar-refractivity contribution is -0.0680. The molecule has 0 bridgehead atoms. The van der Waals surface area contributed by atoms with Crippen LogP contribution >= 0.6 is 0 Å². The summed E-state index contributed by atoms with van der Waals surface area (Å²) in [5, 5.41) is 6.20. The van der Waals surface area contributed by atoms with Crippen LogP contribution in [-0.4, -0.2) is 43.3 Å². The Balaban J connectivity index is 1.39. The molecule has 2 aromatic carbocycles. The molecule has 1 saturated heterocycles. The van der Waals surface area contributed by atoms with Crippen LogP contribution in [0.3, 0.4) is 0 Å². The van der Waals surface area contributed by atoms with Gasteiger partial charge in [-0.2, -0.15) is 0 Å². The van der Waals surface area contributed by atoms with E-state index in [0.29, 0.717) is 12.2 Å². The predicted molar refractivity (Wildman–Crippen MR) is 96.7 cm³/mol. The molecule has 1 aliphatic rings. The normalized spacial score (nSPS) is 22.5. The molecule has 2 aromatic rings. The van der Waals surface area contributed by atoms with Gasteiger partial charge < -0.3 is 10.1 Å². The van der Waals surface area contributed by atoms with E-state index in [1.54, 1.807) is 0 Å². The number of nitrogens with one attached hydrogen (secondary N) is 1. The van der Waals surface area contributed by atoms with Crippen LogP contribution in [0.25, 0.3) is 10.8 Å². The number of rotatable bonds is 6. The van der Waals surface area contributed by atoms with E-state index in [4.69, 9.17) is 4.74 Å². The van der Waals surface area contributed by atoms with Crippen LogP contribution in [-0.2, 0) is 11.3 Å².